The molecule has 0 aliphatic carbocycles. The van der Waals surface area contributed by atoms with Gasteiger partial charge in [0.05, 0.1) is 18.7 Å². The Kier molecular flexibility index (Phi) is 4.96. The van der Waals surface area contributed by atoms with E-state index in [0.717, 1.165) is 38.5 Å². The average molecular weight is 352 g/mol. The maximum Gasteiger partial charge on any atom is 0.133 e. The molecule has 2 aromatic rings. The monoisotopic (exact) mass is 351 g/mol. The number of anilines is 1. The summed E-state index contributed by atoms with van der Waals surface area (Å²) >= 11 is 3.44. The maximum atomic E-state index is 5.85. The Labute approximate surface area is 132 Å². The van der Waals surface area contributed by atoms with Crippen LogP contribution < -0.4 is 19.9 Å². The van der Waals surface area contributed by atoms with Crippen LogP contribution in [0.1, 0.15) is 11.1 Å². The smallest absolute Gasteiger partial charge is 0.133 e. The van der Waals surface area contributed by atoms with Crippen molar-refractivity contribution >= 4 is 21.6 Å². The van der Waals surface area contributed by atoms with Crippen LogP contribution in [0, 0.1) is 6.92 Å². The lowest BCUT2D eigenvalue weighted by Gasteiger charge is -2.14. The van der Waals surface area contributed by atoms with Crippen LogP contribution in [0.5, 0.6) is 17.2 Å². The molecule has 21 heavy (non-hydrogen) atoms. The van der Waals surface area contributed by atoms with Gasteiger partial charge in [-0.3, -0.25) is 0 Å². The standard InChI is InChI=1S/C16H18BrNO3/c1-10-6-12(18)4-5-14(10)21-9-11-7-16(20-3)13(17)8-15(11)19-2/h4-8H,9,18H2,1-3H3. The average Bonchev–Trinajstić information content (AvgIpc) is 2.47. The minimum absolute atomic E-state index is 0.386. The van der Waals surface area contributed by atoms with Crippen LogP contribution in [0.15, 0.2) is 34.8 Å². The molecule has 0 spiro atoms. The van der Waals surface area contributed by atoms with E-state index in [4.69, 9.17) is 19.9 Å². The molecule has 0 unspecified atom stereocenters. The first-order valence-electron chi connectivity index (χ1n) is 6.44. The first kappa shape index (κ1) is 15.5. The molecule has 0 fully saturated rings. The third-order valence-electron chi connectivity index (χ3n) is 3.14. The second-order valence-corrected chi connectivity index (χ2v) is 5.47. The van der Waals surface area contributed by atoms with Crippen LogP contribution >= 0.6 is 15.9 Å². The molecule has 0 aliphatic heterocycles. The molecule has 0 radical (unpaired) electrons. The molecule has 2 rings (SSSR count). The van der Waals surface area contributed by atoms with Crippen LogP contribution in [0.3, 0.4) is 0 Å². The molecular formula is C16H18BrNO3. The summed E-state index contributed by atoms with van der Waals surface area (Å²) in [5.41, 5.74) is 8.37. The van der Waals surface area contributed by atoms with E-state index in [9.17, 15) is 0 Å². The van der Waals surface area contributed by atoms with Gasteiger partial charge < -0.3 is 19.9 Å². The summed E-state index contributed by atoms with van der Waals surface area (Å²) in [5.74, 6) is 2.28. The Hall–Kier alpha value is -1.88. The SMILES string of the molecule is COc1cc(COc2ccc(N)cc2C)c(OC)cc1Br. The quantitative estimate of drug-likeness (QED) is 0.829. The molecule has 0 atom stereocenters. The van der Waals surface area contributed by atoms with Gasteiger partial charge in [0.2, 0.25) is 0 Å². The fourth-order valence-corrected chi connectivity index (χ4v) is 2.51. The van der Waals surface area contributed by atoms with Gasteiger partial charge in [-0.1, -0.05) is 0 Å². The number of nitrogens with two attached hydrogens (primary N) is 1. The predicted octanol–water partition coefficient (Wildman–Crippen LogP) is 3.94. The fourth-order valence-electron chi connectivity index (χ4n) is 2.03. The summed E-state index contributed by atoms with van der Waals surface area (Å²) < 4.78 is 17.4. The molecule has 0 aliphatic rings. The summed E-state index contributed by atoms with van der Waals surface area (Å²) in [4.78, 5) is 0. The van der Waals surface area contributed by atoms with Gasteiger partial charge in [0.1, 0.15) is 23.9 Å². The highest BCUT2D eigenvalue weighted by atomic mass is 79.9. The second-order valence-electron chi connectivity index (χ2n) is 4.61. The molecule has 0 saturated heterocycles. The lowest BCUT2D eigenvalue weighted by atomic mass is 10.2. The van der Waals surface area contributed by atoms with E-state index in [0.29, 0.717) is 6.61 Å². The maximum absolute atomic E-state index is 5.85. The Morgan fingerprint density at radius 3 is 2.33 bits per heavy atom. The van der Waals surface area contributed by atoms with Crippen LogP contribution in [0.25, 0.3) is 0 Å². The van der Waals surface area contributed by atoms with E-state index < -0.39 is 0 Å². The molecule has 0 heterocycles. The highest BCUT2D eigenvalue weighted by Gasteiger charge is 2.11. The van der Waals surface area contributed by atoms with Gasteiger partial charge in [0.25, 0.3) is 0 Å². The van der Waals surface area contributed by atoms with Gasteiger partial charge in [-0.05, 0) is 58.7 Å². The number of benzene rings is 2. The zero-order chi connectivity index (χ0) is 15.4. The highest BCUT2D eigenvalue weighted by Crippen LogP contribution is 2.33. The first-order valence-corrected chi connectivity index (χ1v) is 7.23. The molecule has 112 valence electrons. The van der Waals surface area contributed by atoms with Crippen LogP contribution in [-0.4, -0.2) is 14.2 Å². The first-order chi connectivity index (χ1) is 10.0. The lowest BCUT2D eigenvalue weighted by Crippen LogP contribution is -2.01. The van der Waals surface area contributed by atoms with E-state index in [-0.39, 0.29) is 0 Å². The topological polar surface area (TPSA) is 53.7 Å². The van der Waals surface area contributed by atoms with Crippen LogP contribution in [-0.2, 0) is 6.61 Å². The summed E-state index contributed by atoms with van der Waals surface area (Å²) in [7, 11) is 3.26. The van der Waals surface area contributed by atoms with Crippen molar-refractivity contribution in [2.45, 2.75) is 13.5 Å². The Morgan fingerprint density at radius 2 is 1.71 bits per heavy atom. The molecule has 0 bridgehead atoms. The van der Waals surface area contributed by atoms with E-state index >= 15 is 0 Å². The van der Waals surface area contributed by atoms with Crippen molar-refractivity contribution in [2.24, 2.45) is 0 Å². The van der Waals surface area contributed by atoms with Crippen LogP contribution in [0.4, 0.5) is 5.69 Å². The highest BCUT2D eigenvalue weighted by molar-refractivity contribution is 9.10. The van der Waals surface area contributed by atoms with Crippen molar-refractivity contribution < 1.29 is 14.2 Å². The number of halogens is 1. The normalized spacial score (nSPS) is 10.3. The Bertz CT molecular complexity index is 644. The van der Waals surface area contributed by atoms with Gasteiger partial charge >= 0.3 is 0 Å². The van der Waals surface area contributed by atoms with Crippen molar-refractivity contribution in [1.82, 2.24) is 0 Å². The Morgan fingerprint density at radius 1 is 1.00 bits per heavy atom. The molecular weight excluding hydrogens is 334 g/mol. The van der Waals surface area contributed by atoms with Crippen molar-refractivity contribution in [3.8, 4) is 17.2 Å². The summed E-state index contributed by atoms with van der Waals surface area (Å²) in [6, 6.07) is 9.34. The number of rotatable bonds is 5. The number of methoxy groups -OCH3 is 2. The molecule has 0 saturated carbocycles. The summed E-state index contributed by atoms with van der Waals surface area (Å²) in [5, 5.41) is 0. The third-order valence-corrected chi connectivity index (χ3v) is 3.76. The minimum atomic E-state index is 0.386. The molecule has 5 heteroatoms. The zero-order valence-electron chi connectivity index (χ0n) is 12.3. The number of ether oxygens (including phenoxy) is 3. The summed E-state index contributed by atoms with van der Waals surface area (Å²) in [6.45, 7) is 2.35. The number of nitrogen functional groups attached to an aromatic ring is 1. The number of hydrogen-bond donors (Lipinski definition) is 1. The van der Waals surface area contributed by atoms with Crippen molar-refractivity contribution in [3.63, 3.8) is 0 Å². The third kappa shape index (κ3) is 3.61. The fraction of sp³-hybridized carbons (Fsp3) is 0.250. The Balaban J connectivity index is 2.22. The van der Waals surface area contributed by atoms with Gasteiger partial charge in [0.15, 0.2) is 0 Å². The van der Waals surface area contributed by atoms with Crippen LogP contribution in [0.2, 0.25) is 0 Å². The van der Waals surface area contributed by atoms with E-state index in [1.54, 1.807) is 14.2 Å². The number of hydrogen-bond acceptors (Lipinski definition) is 4. The van der Waals surface area contributed by atoms with Crippen molar-refractivity contribution in [1.29, 1.82) is 0 Å². The zero-order valence-corrected chi connectivity index (χ0v) is 13.9. The van der Waals surface area contributed by atoms with Crippen molar-refractivity contribution in [2.75, 3.05) is 20.0 Å². The minimum Gasteiger partial charge on any atom is -0.496 e. The van der Waals surface area contributed by atoms with Gasteiger partial charge in [-0.15, -0.1) is 0 Å². The summed E-state index contributed by atoms with van der Waals surface area (Å²) in [6.07, 6.45) is 0. The predicted molar refractivity (Wildman–Crippen MR) is 87.2 cm³/mol. The van der Waals surface area contributed by atoms with E-state index in [1.807, 2.05) is 37.3 Å². The molecule has 0 aromatic heterocycles. The molecule has 2 aromatic carbocycles. The number of aryl methyl sites for hydroxylation is 1. The molecule has 2 N–H and O–H groups in total. The van der Waals surface area contributed by atoms with Gasteiger partial charge in [-0.25, -0.2) is 0 Å². The largest absolute Gasteiger partial charge is 0.496 e. The lowest BCUT2D eigenvalue weighted by molar-refractivity contribution is 0.293. The van der Waals surface area contributed by atoms with E-state index in [2.05, 4.69) is 15.9 Å². The second kappa shape index (κ2) is 6.72. The molecule has 4 nitrogen and oxygen atoms in total. The molecule has 0 amide bonds. The van der Waals surface area contributed by atoms with Gasteiger partial charge in [0, 0.05) is 11.3 Å². The van der Waals surface area contributed by atoms with Crippen molar-refractivity contribution in [3.05, 3.63) is 45.9 Å². The van der Waals surface area contributed by atoms with Gasteiger partial charge in [-0.2, -0.15) is 0 Å². The van der Waals surface area contributed by atoms with E-state index in [1.165, 1.54) is 0 Å².